The molecule has 2 heterocycles. The van der Waals surface area contributed by atoms with Gasteiger partial charge in [0.05, 0.1) is 0 Å². The Morgan fingerprint density at radius 2 is 1.88 bits per heavy atom. The smallest absolute Gasteiger partial charge is 0.329 e. The van der Waals surface area contributed by atoms with Crippen molar-refractivity contribution in [2.75, 3.05) is 13.2 Å². The Hall–Kier alpha value is -2.34. The average Bonchev–Trinajstić information content (AvgIpc) is 2.98. The number of carbonyl (C=O) groups excluding carboxylic acids is 1. The molecule has 0 unspecified atom stereocenters. The van der Waals surface area contributed by atoms with E-state index in [0.717, 1.165) is 10.9 Å². The Morgan fingerprint density at radius 1 is 1.20 bits per heavy atom. The number of fused-ring (bicyclic) bond motifs is 1. The molecule has 1 aliphatic rings. The first-order chi connectivity index (χ1) is 11.7. The Morgan fingerprint density at radius 3 is 2.48 bits per heavy atom. The van der Waals surface area contributed by atoms with Crippen molar-refractivity contribution in [3.05, 3.63) is 35.5 Å². The zero-order valence-electron chi connectivity index (χ0n) is 14.8. The predicted octanol–water partition coefficient (Wildman–Crippen LogP) is 2.83. The van der Waals surface area contributed by atoms with Crippen molar-refractivity contribution in [3.63, 3.8) is 0 Å². The number of nitrogens with one attached hydrogen (secondary N) is 2. The van der Waals surface area contributed by atoms with Crippen LogP contribution in [0.4, 0.5) is 0 Å². The summed E-state index contributed by atoms with van der Waals surface area (Å²) in [5, 5.41) is 13.2. The first-order valence-electron chi connectivity index (χ1n) is 8.48. The van der Waals surface area contributed by atoms with E-state index in [1.54, 1.807) is 6.07 Å². The molecular formula is C19H24N2O4. The third-order valence-electron chi connectivity index (χ3n) is 4.84. The average molecular weight is 344 g/mol. The maximum atomic E-state index is 12.6. The van der Waals surface area contributed by atoms with Crippen molar-refractivity contribution in [3.8, 4) is 0 Å². The summed E-state index contributed by atoms with van der Waals surface area (Å²) in [5.41, 5.74) is 1.16. The van der Waals surface area contributed by atoms with Crippen LogP contribution in [0.2, 0.25) is 0 Å². The molecule has 1 saturated heterocycles. The van der Waals surface area contributed by atoms with Crippen LogP contribution in [0.1, 0.15) is 49.7 Å². The predicted molar refractivity (Wildman–Crippen MR) is 94.9 cm³/mol. The van der Waals surface area contributed by atoms with Gasteiger partial charge in [-0.15, -0.1) is 0 Å². The number of benzene rings is 1. The molecular weight excluding hydrogens is 320 g/mol. The zero-order valence-corrected chi connectivity index (χ0v) is 14.8. The summed E-state index contributed by atoms with van der Waals surface area (Å²) in [5.74, 6) is -1.42. The van der Waals surface area contributed by atoms with Crippen LogP contribution in [0.15, 0.2) is 24.3 Å². The maximum Gasteiger partial charge on any atom is 0.329 e. The monoisotopic (exact) mass is 344 g/mol. The van der Waals surface area contributed by atoms with Gasteiger partial charge in [-0.05, 0) is 23.1 Å². The summed E-state index contributed by atoms with van der Waals surface area (Å²) >= 11 is 0. The van der Waals surface area contributed by atoms with Gasteiger partial charge in [0.15, 0.2) is 0 Å². The molecule has 25 heavy (non-hydrogen) atoms. The highest BCUT2D eigenvalue weighted by Gasteiger charge is 2.42. The fraction of sp³-hybridized carbons (Fsp3) is 0.474. The molecule has 1 aliphatic heterocycles. The standard InChI is InChI=1S/C19H24N2O4/c1-18(2,3)13-5-4-12-10-15(20-14(12)11-13)16(22)21-19(17(23)24)6-8-25-9-7-19/h4-5,10-11,20H,6-9H2,1-3H3,(H,21,22)(H,23,24). The van der Waals surface area contributed by atoms with Crippen LogP contribution in [-0.4, -0.2) is 40.7 Å². The Bertz CT molecular complexity index is 810. The number of aromatic nitrogens is 1. The lowest BCUT2D eigenvalue weighted by Gasteiger charge is -2.33. The summed E-state index contributed by atoms with van der Waals surface area (Å²) < 4.78 is 5.23. The number of H-pyrrole nitrogens is 1. The van der Waals surface area contributed by atoms with Gasteiger partial charge in [-0.1, -0.05) is 32.9 Å². The van der Waals surface area contributed by atoms with E-state index in [-0.39, 0.29) is 18.3 Å². The van der Waals surface area contributed by atoms with Crippen molar-refractivity contribution >= 4 is 22.8 Å². The molecule has 1 amide bonds. The second-order valence-electron chi connectivity index (χ2n) is 7.69. The third kappa shape index (κ3) is 3.39. The van der Waals surface area contributed by atoms with Crippen LogP contribution in [0, 0.1) is 0 Å². The van der Waals surface area contributed by atoms with E-state index in [9.17, 15) is 14.7 Å². The minimum absolute atomic E-state index is 0.0111. The molecule has 0 aliphatic carbocycles. The third-order valence-corrected chi connectivity index (χ3v) is 4.84. The van der Waals surface area contributed by atoms with E-state index in [0.29, 0.717) is 18.9 Å². The summed E-state index contributed by atoms with van der Waals surface area (Å²) in [6, 6.07) is 7.82. The number of carboxylic acids is 1. The first kappa shape index (κ1) is 17.5. The summed E-state index contributed by atoms with van der Waals surface area (Å²) in [7, 11) is 0. The van der Waals surface area contributed by atoms with Crippen LogP contribution >= 0.6 is 0 Å². The van der Waals surface area contributed by atoms with E-state index in [4.69, 9.17) is 4.74 Å². The molecule has 3 rings (SSSR count). The number of amides is 1. The summed E-state index contributed by atoms with van der Waals surface area (Å²) in [6.07, 6.45) is 0.533. The summed E-state index contributed by atoms with van der Waals surface area (Å²) in [6.45, 7) is 7.05. The normalized spacial score (nSPS) is 17.4. The van der Waals surface area contributed by atoms with E-state index >= 15 is 0 Å². The van der Waals surface area contributed by atoms with Crippen molar-refractivity contribution in [2.24, 2.45) is 0 Å². The van der Waals surface area contributed by atoms with Gasteiger partial charge in [0.2, 0.25) is 0 Å². The molecule has 0 radical (unpaired) electrons. The van der Waals surface area contributed by atoms with Crippen molar-refractivity contribution in [1.29, 1.82) is 0 Å². The highest BCUT2D eigenvalue weighted by Crippen LogP contribution is 2.27. The lowest BCUT2D eigenvalue weighted by molar-refractivity contribution is -0.148. The minimum Gasteiger partial charge on any atom is -0.480 e. The van der Waals surface area contributed by atoms with Gasteiger partial charge in [-0.25, -0.2) is 4.79 Å². The van der Waals surface area contributed by atoms with E-state index in [1.807, 2.05) is 12.1 Å². The van der Waals surface area contributed by atoms with Gasteiger partial charge in [-0.3, -0.25) is 4.79 Å². The Balaban J connectivity index is 1.88. The molecule has 0 spiro atoms. The lowest BCUT2D eigenvalue weighted by atomic mass is 9.87. The highest BCUT2D eigenvalue weighted by molar-refractivity contribution is 6.00. The Labute approximate surface area is 146 Å². The van der Waals surface area contributed by atoms with Gasteiger partial charge >= 0.3 is 5.97 Å². The molecule has 6 nitrogen and oxygen atoms in total. The fourth-order valence-corrected chi connectivity index (χ4v) is 3.11. The number of carboxylic acid groups (broad SMARTS) is 1. The zero-order chi connectivity index (χ0) is 18.2. The van der Waals surface area contributed by atoms with Crippen molar-refractivity contribution < 1.29 is 19.4 Å². The quantitative estimate of drug-likeness (QED) is 0.798. The number of aromatic amines is 1. The molecule has 1 fully saturated rings. The second kappa shape index (κ2) is 6.19. The first-order valence-corrected chi connectivity index (χ1v) is 8.48. The Kier molecular flexibility index (Phi) is 4.33. The van der Waals surface area contributed by atoms with Crippen LogP contribution in [0.25, 0.3) is 10.9 Å². The number of ether oxygens (including phenoxy) is 1. The maximum absolute atomic E-state index is 12.6. The SMILES string of the molecule is CC(C)(C)c1ccc2cc(C(=O)NC3(C(=O)O)CCOCC3)[nH]c2c1. The molecule has 3 N–H and O–H groups in total. The van der Waals surface area contributed by atoms with Crippen molar-refractivity contribution in [1.82, 2.24) is 10.3 Å². The van der Waals surface area contributed by atoms with Gasteiger partial charge in [0, 0.05) is 37.0 Å². The van der Waals surface area contributed by atoms with Crippen molar-refractivity contribution in [2.45, 2.75) is 44.6 Å². The summed E-state index contributed by atoms with van der Waals surface area (Å²) in [4.78, 5) is 27.4. The van der Waals surface area contributed by atoms with Gasteiger partial charge in [0.25, 0.3) is 5.91 Å². The molecule has 6 heteroatoms. The number of hydrogen-bond donors (Lipinski definition) is 3. The molecule has 2 aromatic rings. The number of hydrogen-bond acceptors (Lipinski definition) is 3. The lowest BCUT2D eigenvalue weighted by Crippen LogP contribution is -2.57. The van der Waals surface area contributed by atoms with Crippen LogP contribution in [0.3, 0.4) is 0 Å². The molecule has 134 valence electrons. The molecule has 0 saturated carbocycles. The van der Waals surface area contributed by atoms with E-state index in [1.165, 1.54) is 5.56 Å². The molecule has 1 aromatic carbocycles. The topological polar surface area (TPSA) is 91.4 Å². The number of aliphatic carboxylic acids is 1. The van der Waals surface area contributed by atoms with Crippen LogP contribution < -0.4 is 5.32 Å². The van der Waals surface area contributed by atoms with Crippen LogP contribution in [0.5, 0.6) is 0 Å². The number of carbonyl (C=O) groups is 2. The minimum atomic E-state index is -1.26. The largest absolute Gasteiger partial charge is 0.480 e. The molecule has 0 atom stereocenters. The second-order valence-corrected chi connectivity index (χ2v) is 7.69. The van der Waals surface area contributed by atoms with Gasteiger partial charge in [-0.2, -0.15) is 0 Å². The fourth-order valence-electron chi connectivity index (χ4n) is 3.11. The molecule has 0 bridgehead atoms. The molecule has 1 aromatic heterocycles. The highest BCUT2D eigenvalue weighted by atomic mass is 16.5. The van der Waals surface area contributed by atoms with E-state index < -0.39 is 17.4 Å². The van der Waals surface area contributed by atoms with Gasteiger partial charge < -0.3 is 20.1 Å². The van der Waals surface area contributed by atoms with Crippen LogP contribution in [-0.2, 0) is 14.9 Å². The van der Waals surface area contributed by atoms with Gasteiger partial charge in [0.1, 0.15) is 11.2 Å². The number of rotatable bonds is 3. The van der Waals surface area contributed by atoms with E-state index in [2.05, 4.69) is 37.1 Å².